The van der Waals surface area contributed by atoms with Gasteiger partial charge >= 0.3 is 0 Å². The van der Waals surface area contributed by atoms with Gasteiger partial charge in [0.1, 0.15) is 24.3 Å². The molecule has 0 bridgehead atoms. The van der Waals surface area contributed by atoms with E-state index in [0.29, 0.717) is 19.6 Å². The lowest BCUT2D eigenvalue weighted by Crippen LogP contribution is -2.32. The first-order valence-electron chi connectivity index (χ1n) is 10.2. The molecule has 0 spiro atoms. The third-order valence-corrected chi connectivity index (χ3v) is 4.73. The predicted octanol–water partition coefficient (Wildman–Crippen LogP) is 3.99. The van der Waals surface area contributed by atoms with Crippen LogP contribution in [0.25, 0.3) is 0 Å². The molecule has 0 amide bonds. The van der Waals surface area contributed by atoms with E-state index in [1.54, 1.807) is 6.07 Å². The summed E-state index contributed by atoms with van der Waals surface area (Å²) in [5.74, 6) is 0.512. The molecule has 0 fully saturated rings. The standard InChI is InChI=1S/C25H29FN2O2/c1-28(17-21-6-3-2-4-7-21)18-24(29)19-30-25-12-10-20(11-13-25)15-27-16-22-8-5-9-23(26)14-22/h2-14,24,27,29H,15-19H2,1H3. The Kier molecular flexibility index (Phi) is 8.39. The van der Waals surface area contributed by atoms with Gasteiger partial charge in [0.25, 0.3) is 0 Å². The van der Waals surface area contributed by atoms with E-state index in [2.05, 4.69) is 22.3 Å². The average molecular weight is 409 g/mol. The van der Waals surface area contributed by atoms with Gasteiger partial charge in [-0.25, -0.2) is 4.39 Å². The van der Waals surface area contributed by atoms with Crippen LogP contribution in [0, 0.1) is 5.82 Å². The van der Waals surface area contributed by atoms with Crippen molar-refractivity contribution in [1.29, 1.82) is 0 Å². The summed E-state index contributed by atoms with van der Waals surface area (Å²) in [6, 6.07) is 24.6. The Morgan fingerprint density at radius 3 is 2.33 bits per heavy atom. The first-order chi connectivity index (χ1) is 14.6. The number of aliphatic hydroxyl groups is 1. The van der Waals surface area contributed by atoms with Crippen LogP contribution in [0.1, 0.15) is 16.7 Å². The lowest BCUT2D eigenvalue weighted by atomic mass is 10.2. The summed E-state index contributed by atoms with van der Waals surface area (Å²) in [6.45, 7) is 2.87. The molecule has 158 valence electrons. The van der Waals surface area contributed by atoms with Crippen molar-refractivity contribution >= 4 is 0 Å². The van der Waals surface area contributed by atoms with Crippen molar-refractivity contribution in [3.63, 3.8) is 0 Å². The van der Waals surface area contributed by atoms with Gasteiger partial charge in [0.05, 0.1) is 0 Å². The molecule has 1 atom stereocenters. The van der Waals surface area contributed by atoms with Crippen LogP contribution in [0.2, 0.25) is 0 Å². The highest BCUT2D eigenvalue weighted by Gasteiger charge is 2.10. The molecule has 4 nitrogen and oxygen atoms in total. The minimum absolute atomic E-state index is 0.218. The number of aliphatic hydroxyl groups excluding tert-OH is 1. The van der Waals surface area contributed by atoms with Crippen LogP contribution in [-0.2, 0) is 19.6 Å². The zero-order chi connectivity index (χ0) is 21.2. The molecular formula is C25H29FN2O2. The van der Waals surface area contributed by atoms with Gasteiger partial charge in [0.15, 0.2) is 0 Å². The second kappa shape index (κ2) is 11.5. The van der Waals surface area contributed by atoms with Crippen molar-refractivity contribution in [1.82, 2.24) is 10.2 Å². The Labute approximate surface area is 177 Å². The van der Waals surface area contributed by atoms with Crippen molar-refractivity contribution < 1.29 is 14.2 Å². The van der Waals surface area contributed by atoms with E-state index in [0.717, 1.165) is 23.4 Å². The van der Waals surface area contributed by atoms with E-state index in [1.165, 1.54) is 17.7 Å². The summed E-state index contributed by atoms with van der Waals surface area (Å²) in [6.07, 6.45) is -0.564. The fourth-order valence-corrected chi connectivity index (χ4v) is 3.27. The highest BCUT2D eigenvalue weighted by molar-refractivity contribution is 5.27. The Balaban J connectivity index is 1.36. The molecule has 3 aromatic rings. The van der Waals surface area contributed by atoms with Gasteiger partial charge in [-0.2, -0.15) is 0 Å². The largest absolute Gasteiger partial charge is 0.491 e. The predicted molar refractivity (Wildman–Crippen MR) is 118 cm³/mol. The van der Waals surface area contributed by atoms with E-state index in [9.17, 15) is 9.50 Å². The summed E-state index contributed by atoms with van der Waals surface area (Å²) in [5, 5.41) is 13.6. The molecule has 0 saturated heterocycles. The van der Waals surface area contributed by atoms with Crippen LogP contribution in [0.3, 0.4) is 0 Å². The molecule has 30 heavy (non-hydrogen) atoms. The normalized spacial score (nSPS) is 12.1. The smallest absolute Gasteiger partial charge is 0.123 e. The molecule has 3 rings (SSSR count). The lowest BCUT2D eigenvalue weighted by molar-refractivity contribution is 0.0744. The van der Waals surface area contributed by atoms with Crippen LogP contribution in [0.4, 0.5) is 4.39 Å². The summed E-state index contributed by atoms with van der Waals surface area (Å²) in [5.41, 5.74) is 3.25. The average Bonchev–Trinajstić information content (AvgIpc) is 2.74. The first-order valence-corrected chi connectivity index (χ1v) is 10.2. The second-order valence-electron chi connectivity index (χ2n) is 7.52. The molecule has 0 aliphatic heterocycles. The lowest BCUT2D eigenvalue weighted by Gasteiger charge is -2.21. The molecule has 1 unspecified atom stereocenters. The summed E-state index contributed by atoms with van der Waals surface area (Å²) in [4.78, 5) is 2.08. The maximum atomic E-state index is 13.2. The molecular weight excluding hydrogens is 379 g/mol. The van der Waals surface area contributed by atoms with E-state index in [1.807, 2.05) is 55.6 Å². The number of rotatable bonds is 11. The number of likely N-dealkylation sites (N-methyl/N-ethyl adjacent to an activating group) is 1. The summed E-state index contributed by atoms with van der Waals surface area (Å²) in [7, 11) is 1.99. The quantitative estimate of drug-likeness (QED) is 0.504. The third-order valence-electron chi connectivity index (χ3n) is 4.73. The fourth-order valence-electron chi connectivity index (χ4n) is 3.27. The molecule has 2 N–H and O–H groups in total. The van der Waals surface area contributed by atoms with Crippen LogP contribution in [0.15, 0.2) is 78.9 Å². The van der Waals surface area contributed by atoms with Gasteiger partial charge in [0.2, 0.25) is 0 Å². The van der Waals surface area contributed by atoms with E-state index in [4.69, 9.17) is 4.74 Å². The number of hydrogen-bond donors (Lipinski definition) is 2. The SMILES string of the molecule is CN(Cc1ccccc1)CC(O)COc1ccc(CNCc2cccc(F)c2)cc1. The topological polar surface area (TPSA) is 44.7 Å². The van der Waals surface area contributed by atoms with E-state index >= 15 is 0 Å². The minimum atomic E-state index is -0.564. The van der Waals surface area contributed by atoms with Crippen molar-refractivity contribution in [2.45, 2.75) is 25.7 Å². The number of halogens is 1. The van der Waals surface area contributed by atoms with Crippen molar-refractivity contribution in [3.05, 3.63) is 101 Å². The van der Waals surface area contributed by atoms with E-state index < -0.39 is 6.10 Å². The van der Waals surface area contributed by atoms with Crippen molar-refractivity contribution in [2.75, 3.05) is 20.2 Å². The summed E-state index contributed by atoms with van der Waals surface area (Å²) >= 11 is 0. The molecule has 0 heterocycles. The van der Waals surface area contributed by atoms with Gasteiger partial charge in [-0.1, -0.05) is 54.6 Å². The fraction of sp³-hybridized carbons (Fsp3) is 0.280. The number of benzene rings is 3. The van der Waals surface area contributed by atoms with Crippen LogP contribution >= 0.6 is 0 Å². The summed E-state index contributed by atoms with van der Waals surface area (Å²) < 4.78 is 18.9. The molecule has 0 aliphatic carbocycles. The minimum Gasteiger partial charge on any atom is -0.491 e. The zero-order valence-corrected chi connectivity index (χ0v) is 17.3. The van der Waals surface area contributed by atoms with Crippen LogP contribution in [-0.4, -0.2) is 36.3 Å². The Hall–Kier alpha value is -2.73. The molecule has 0 aromatic heterocycles. The van der Waals surface area contributed by atoms with Gasteiger partial charge in [-0.15, -0.1) is 0 Å². The number of nitrogens with zero attached hydrogens (tertiary/aromatic N) is 1. The van der Waals surface area contributed by atoms with Crippen molar-refractivity contribution in [3.8, 4) is 5.75 Å². The highest BCUT2D eigenvalue weighted by atomic mass is 19.1. The van der Waals surface area contributed by atoms with Gasteiger partial charge < -0.3 is 15.2 Å². The highest BCUT2D eigenvalue weighted by Crippen LogP contribution is 2.13. The van der Waals surface area contributed by atoms with Crippen LogP contribution in [0.5, 0.6) is 5.75 Å². The molecule has 5 heteroatoms. The maximum Gasteiger partial charge on any atom is 0.123 e. The molecule has 0 saturated carbocycles. The van der Waals surface area contributed by atoms with Gasteiger partial charge in [0, 0.05) is 26.2 Å². The van der Waals surface area contributed by atoms with E-state index in [-0.39, 0.29) is 12.4 Å². The molecule has 0 radical (unpaired) electrons. The number of ether oxygens (including phenoxy) is 1. The van der Waals surface area contributed by atoms with Crippen molar-refractivity contribution in [2.24, 2.45) is 0 Å². The Bertz CT molecular complexity index is 887. The Morgan fingerprint density at radius 1 is 0.900 bits per heavy atom. The zero-order valence-electron chi connectivity index (χ0n) is 17.3. The number of nitrogens with one attached hydrogen (secondary N) is 1. The number of hydrogen-bond acceptors (Lipinski definition) is 4. The van der Waals surface area contributed by atoms with Gasteiger partial charge in [-0.3, -0.25) is 4.90 Å². The maximum absolute atomic E-state index is 13.2. The van der Waals surface area contributed by atoms with Gasteiger partial charge in [-0.05, 0) is 48.0 Å². The third kappa shape index (κ3) is 7.59. The van der Waals surface area contributed by atoms with Crippen LogP contribution < -0.4 is 10.1 Å². The Morgan fingerprint density at radius 2 is 1.60 bits per heavy atom. The molecule has 3 aromatic carbocycles. The second-order valence-corrected chi connectivity index (χ2v) is 7.52. The molecule has 0 aliphatic rings. The first kappa shape index (κ1) is 22.0. The monoisotopic (exact) mass is 408 g/mol.